The Morgan fingerprint density at radius 1 is 1.06 bits per heavy atom. The highest BCUT2D eigenvalue weighted by atomic mass is 16.5. The molecular weight excluding hydrogens is 845 g/mol. The number of aliphatic imine (C=N–C) groups is 2. The van der Waals surface area contributed by atoms with Gasteiger partial charge in [-0.3, -0.25) is 33.8 Å². The number of amides is 4. The first kappa shape index (κ1) is 51.1. The van der Waals surface area contributed by atoms with Crippen LogP contribution in [0.3, 0.4) is 0 Å². The third-order valence-corrected chi connectivity index (χ3v) is 12.6. The Morgan fingerprint density at radius 2 is 1.82 bits per heavy atom. The van der Waals surface area contributed by atoms with Gasteiger partial charge in [-0.1, -0.05) is 31.9 Å². The molecule has 3 aliphatic rings. The SMILES string of the molecule is CCC1C(=O)N(C)C(=C/N=C/N)/C(=N\c2ccc(C(=O)NC3CCN(CCOCCN(C)CC(=O)Nc4cccc(C=O)c4CN(C)C(CCC=O)C(=O)NC)CC3)nc2)N1C1CCCC1. The highest BCUT2D eigenvalue weighted by Gasteiger charge is 2.43. The van der Waals surface area contributed by atoms with Gasteiger partial charge in [0.15, 0.2) is 5.84 Å². The number of benzene rings is 1. The number of pyridine rings is 1. The van der Waals surface area contributed by atoms with Gasteiger partial charge in [-0.25, -0.2) is 15.0 Å². The van der Waals surface area contributed by atoms with Crippen molar-refractivity contribution in [2.45, 2.75) is 95.4 Å². The van der Waals surface area contributed by atoms with Gasteiger partial charge in [0.05, 0.1) is 50.2 Å². The van der Waals surface area contributed by atoms with E-state index in [-0.39, 0.29) is 61.3 Å². The number of hydrogen-bond acceptors (Lipinski definition) is 13. The minimum atomic E-state index is -0.588. The molecular formula is C47H68N12O7. The molecule has 1 aromatic carbocycles. The van der Waals surface area contributed by atoms with Gasteiger partial charge in [-0.05, 0) is 70.8 Å². The van der Waals surface area contributed by atoms with Crippen molar-refractivity contribution in [2.24, 2.45) is 15.7 Å². The number of carbonyl (C=O) groups excluding carboxylic acids is 6. The predicted molar refractivity (Wildman–Crippen MR) is 253 cm³/mol. The Morgan fingerprint density at radius 3 is 2.47 bits per heavy atom. The molecule has 1 aromatic heterocycles. The van der Waals surface area contributed by atoms with Crippen molar-refractivity contribution in [2.75, 3.05) is 79.4 Å². The first-order chi connectivity index (χ1) is 31.9. The van der Waals surface area contributed by atoms with Crippen LogP contribution in [0.4, 0.5) is 11.4 Å². The molecule has 2 unspecified atom stereocenters. The maximum atomic E-state index is 13.4. The lowest BCUT2D eigenvalue weighted by atomic mass is 10.0. The second-order valence-electron chi connectivity index (χ2n) is 17.1. The van der Waals surface area contributed by atoms with Crippen LogP contribution in [-0.2, 0) is 30.5 Å². The Labute approximate surface area is 388 Å². The number of aldehydes is 2. The molecule has 1 saturated carbocycles. The van der Waals surface area contributed by atoms with Gasteiger partial charge >= 0.3 is 0 Å². The number of nitrogens with zero attached hydrogens (tertiary/aromatic N) is 8. The smallest absolute Gasteiger partial charge is 0.270 e. The summed E-state index contributed by atoms with van der Waals surface area (Å²) in [5.74, 6) is -0.101. The maximum absolute atomic E-state index is 13.4. The zero-order valence-corrected chi connectivity index (χ0v) is 39.1. The summed E-state index contributed by atoms with van der Waals surface area (Å²) < 4.78 is 5.93. The number of piperidine rings is 1. The monoisotopic (exact) mass is 913 g/mol. The number of amidine groups is 1. The van der Waals surface area contributed by atoms with Crippen LogP contribution >= 0.6 is 0 Å². The first-order valence-electron chi connectivity index (χ1n) is 23.0. The summed E-state index contributed by atoms with van der Waals surface area (Å²) in [5.41, 5.74) is 8.46. The summed E-state index contributed by atoms with van der Waals surface area (Å²) in [6.45, 7) is 6.16. The minimum Gasteiger partial charge on any atom is -0.390 e. The molecule has 2 atom stereocenters. The normalized spacial score (nSPS) is 19.3. The van der Waals surface area contributed by atoms with E-state index < -0.39 is 6.04 Å². The summed E-state index contributed by atoms with van der Waals surface area (Å²) >= 11 is 0. The van der Waals surface area contributed by atoms with E-state index in [9.17, 15) is 28.8 Å². The molecule has 3 heterocycles. The number of ether oxygens (including phenoxy) is 1. The number of hydrogen-bond donors (Lipinski definition) is 4. The van der Waals surface area contributed by atoms with Crippen LogP contribution < -0.4 is 21.7 Å². The number of carbonyl (C=O) groups is 6. The molecule has 1 aliphatic carbocycles. The molecule has 2 aliphatic heterocycles. The summed E-state index contributed by atoms with van der Waals surface area (Å²) in [4.78, 5) is 98.6. The number of likely N-dealkylation sites (N-methyl/N-ethyl adjacent to an activating group) is 4. The van der Waals surface area contributed by atoms with Crippen molar-refractivity contribution in [3.63, 3.8) is 0 Å². The Kier molecular flexibility index (Phi) is 19.9. The number of piperazine rings is 1. The largest absolute Gasteiger partial charge is 0.390 e. The molecule has 5 rings (SSSR count). The second-order valence-corrected chi connectivity index (χ2v) is 17.1. The Hall–Kier alpha value is -5.89. The van der Waals surface area contributed by atoms with E-state index in [0.29, 0.717) is 72.3 Å². The quantitative estimate of drug-likeness (QED) is 0.0545. The lowest BCUT2D eigenvalue weighted by Gasteiger charge is -2.45. The zero-order chi connectivity index (χ0) is 47.6. The standard InChI is InChI=1S/C47H68N12O7/c1-6-40-47(65)57(5)42(28-50-32-48)44(59(40)36-12-7-8-13-36)52-35-16-17-39(51-27-35)45(63)53-34-18-20-58(21-19-34)23-26-66-25-22-55(3)30-43(62)54-38-14-9-11-33(31-61)37(38)29-56(4)41(15-10-24-60)46(64)49-2/h9,11,14,16-17,24,27-28,31-32,34,36,40-41H,6-8,10,12-13,15,18-23,25-26,29-30H2,1-5H3,(H2,48,50)(H,49,64)(H,53,63)(H,54,62)/b42-28+,52-44+. The number of rotatable bonds is 23. The average molecular weight is 913 g/mol. The lowest BCUT2D eigenvalue weighted by molar-refractivity contribution is -0.134. The van der Waals surface area contributed by atoms with Gasteiger partial charge in [-0.2, -0.15) is 0 Å². The van der Waals surface area contributed by atoms with E-state index in [2.05, 4.69) is 35.7 Å². The first-order valence-corrected chi connectivity index (χ1v) is 23.0. The fourth-order valence-corrected chi connectivity index (χ4v) is 8.86. The van der Waals surface area contributed by atoms with Crippen molar-refractivity contribution in [1.82, 2.24) is 40.1 Å². The molecule has 66 heavy (non-hydrogen) atoms. The highest BCUT2D eigenvalue weighted by molar-refractivity contribution is 6.08. The molecule has 3 fully saturated rings. The van der Waals surface area contributed by atoms with E-state index in [4.69, 9.17) is 15.5 Å². The zero-order valence-electron chi connectivity index (χ0n) is 39.1. The van der Waals surface area contributed by atoms with E-state index in [1.165, 1.54) is 13.4 Å². The van der Waals surface area contributed by atoms with Crippen LogP contribution in [0, 0.1) is 0 Å². The van der Waals surface area contributed by atoms with E-state index in [0.717, 1.165) is 70.7 Å². The lowest BCUT2D eigenvalue weighted by Crippen LogP contribution is -2.60. The number of likely N-dealkylation sites (tertiary alicyclic amines) is 1. The van der Waals surface area contributed by atoms with Gasteiger partial charge in [0, 0.05) is 82.1 Å². The molecule has 5 N–H and O–H groups in total. The summed E-state index contributed by atoms with van der Waals surface area (Å²) in [6, 6.07) is 7.80. The van der Waals surface area contributed by atoms with Crippen molar-refractivity contribution >= 4 is 59.7 Å². The van der Waals surface area contributed by atoms with E-state index in [1.807, 2.05) is 18.9 Å². The fraction of sp³-hybridized carbons (Fsp3) is 0.553. The molecule has 4 amide bonds. The molecule has 2 saturated heterocycles. The third-order valence-electron chi connectivity index (χ3n) is 12.6. The molecule has 0 radical (unpaired) electrons. The Balaban J connectivity index is 1.04. The summed E-state index contributed by atoms with van der Waals surface area (Å²) in [7, 11) is 6.84. The number of aromatic nitrogens is 1. The molecule has 358 valence electrons. The van der Waals surface area contributed by atoms with E-state index >= 15 is 0 Å². The molecule has 0 spiro atoms. The molecule has 19 heteroatoms. The van der Waals surface area contributed by atoms with Crippen molar-refractivity contribution in [3.8, 4) is 0 Å². The molecule has 2 aromatic rings. The average Bonchev–Trinajstić information content (AvgIpc) is 3.86. The van der Waals surface area contributed by atoms with Crippen LogP contribution in [0.2, 0.25) is 0 Å². The van der Waals surface area contributed by atoms with Crippen LogP contribution in [0.15, 0.2) is 58.4 Å². The van der Waals surface area contributed by atoms with Gasteiger partial charge in [0.2, 0.25) is 17.7 Å². The number of anilines is 1. The summed E-state index contributed by atoms with van der Waals surface area (Å²) in [5, 5.41) is 8.70. The van der Waals surface area contributed by atoms with Gasteiger partial charge in [0.25, 0.3) is 5.91 Å². The van der Waals surface area contributed by atoms with Gasteiger partial charge in [-0.15, -0.1) is 0 Å². The highest BCUT2D eigenvalue weighted by Crippen LogP contribution is 2.34. The van der Waals surface area contributed by atoms with Crippen LogP contribution in [-0.4, -0.2) is 176 Å². The number of nitrogens with two attached hydrogens (primary N) is 1. The van der Waals surface area contributed by atoms with Crippen molar-refractivity contribution < 1.29 is 33.5 Å². The summed E-state index contributed by atoms with van der Waals surface area (Å²) in [6.07, 6.45) is 12.7. The van der Waals surface area contributed by atoms with Gasteiger partial charge in [0.1, 0.15) is 30.0 Å². The van der Waals surface area contributed by atoms with Crippen LogP contribution in [0.1, 0.15) is 91.1 Å². The van der Waals surface area contributed by atoms with Crippen LogP contribution in [0.5, 0.6) is 0 Å². The van der Waals surface area contributed by atoms with E-state index in [1.54, 1.807) is 66.6 Å². The molecule has 19 nitrogen and oxygen atoms in total. The number of nitrogens with one attached hydrogen (secondary N) is 3. The van der Waals surface area contributed by atoms with Crippen molar-refractivity contribution in [3.05, 3.63) is 65.2 Å². The van der Waals surface area contributed by atoms with Crippen molar-refractivity contribution in [1.29, 1.82) is 0 Å². The predicted octanol–water partition coefficient (Wildman–Crippen LogP) is 2.55. The van der Waals surface area contributed by atoms with Gasteiger partial charge < -0.3 is 45.9 Å². The minimum absolute atomic E-state index is 0.00542. The maximum Gasteiger partial charge on any atom is 0.270 e. The topological polar surface area (TPSA) is 228 Å². The fourth-order valence-electron chi connectivity index (χ4n) is 8.86. The second kappa shape index (κ2) is 25.7. The Bertz CT molecular complexity index is 2060. The molecule has 0 bridgehead atoms. The third kappa shape index (κ3) is 13.8. The van der Waals surface area contributed by atoms with Crippen LogP contribution in [0.25, 0.3) is 0 Å².